The number of amides is 1. The molecule has 0 aliphatic carbocycles. The number of anilines is 1. The Labute approximate surface area is 188 Å². The highest BCUT2D eigenvalue weighted by molar-refractivity contribution is 6.01. The fourth-order valence-corrected chi connectivity index (χ4v) is 5.15. The predicted octanol–water partition coefficient (Wildman–Crippen LogP) is 3.91. The standard InChI is InChI=1S/C25H18FN5O2/c1-2-14-5-3-6-15-7-4-8-16(20(14)15)22-21(26)23-17(11-27-22)24(29-13-28-23)31-12-19-18(31)9-10-30(19)25(32)33/h1,3-8,11,13,18-19H,9-10,12H2,(H,32,33)/t18-,19-/m1/s1. The number of rotatable bonds is 2. The number of aromatic nitrogens is 3. The third kappa shape index (κ3) is 2.75. The number of benzene rings is 2. The van der Waals surface area contributed by atoms with Crippen LogP contribution in [0.2, 0.25) is 0 Å². The molecule has 162 valence electrons. The molecule has 1 N–H and O–H groups in total. The van der Waals surface area contributed by atoms with Gasteiger partial charge in [0.25, 0.3) is 0 Å². The Bertz CT molecular complexity index is 1490. The van der Waals surface area contributed by atoms with Crippen molar-refractivity contribution in [2.45, 2.75) is 18.5 Å². The SMILES string of the molecule is C#Cc1cccc2cccc(-c3ncc4c(N5C[C@@H]6[C@H]5CCN6C(=O)O)ncnc4c3F)c12. The maximum absolute atomic E-state index is 15.8. The Morgan fingerprint density at radius 2 is 1.97 bits per heavy atom. The van der Waals surface area contributed by atoms with Gasteiger partial charge in [-0.15, -0.1) is 6.42 Å². The lowest BCUT2D eigenvalue weighted by Gasteiger charge is -2.47. The van der Waals surface area contributed by atoms with Gasteiger partial charge in [0.2, 0.25) is 0 Å². The molecular weight excluding hydrogens is 421 g/mol. The normalized spacial score (nSPS) is 19.4. The van der Waals surface area contributed by atoms with Crippen LogP contribution in [0.3, 0.4) is 0 Å². The second-order valence-corrected chi connectivity index (χ2v) is 8.29. The highest BCUT2D eigenvalue weighted by atomic mass is 19.1. The number of terminal acetylenes is 1. The minimum Gasteiger partial charge on any atom is -0.465 e. The van der Waals surface area contributed by atoms with Crippen molar-refractivity contribution in [2.24, 2.45) is 0 Å². The molecule has 0 bridgehead atoms. The van der Waals surface area contributed by atoms with Crippen LogP contribution in [0.25, 0.3) is 32.9 Å². The van der Waals surface area contributed by atoms with E-state index in [0.29, 0.717) is 41.8 Å². The van der Waals surface area contributed by atoms with Crippen molar-refractivity contribution in [3.8, 4) is 23.6 Å². The van der Waals surface area contributed by atoms with Gasteiger partial charge in [-0.1, -0.05) is 36.3 Å². The first-order chi connectivity index (χ1) is 16.1. The summed E-state index contributed by atoms with van der Waals surface area (Å²) in [5, 5.41) is 11.5. The lowest BCUT2D eigenvalue weighted by atomic mass is 9.95. The largest absolute Gasteiger partial charge is 0.465 e. The van der Waals surface area contributed by atoms with Gasteiger partial charge in [-0.2, -0.15) is 0 Å². The summed E-state index contributed by atoms with van der Waals surface area (Å²) >= 11 is 0. The maximum atomic E-state index is 15.8. The van der Waals surface area contributed by atoms with E-state index in [4.69, 9.17) is 6.42 Å². The van der Waals surface area contributed by atoms with E-state index in [9.17, 15) is 9.90 Å². The smallest absolute Gasteiger partial charge is 0.407 e. The van der Waals surface area contributed by atoms with Crippen LogP contribution in [0.4, 0.5) is 15.0 Å². The molecule has 7 nitrogen and oxygen atoms in total. The fourth-order valence-electron chi connectivity index (χ4n) is 5.15. The van der Waals surface area contributed by atoms with Crippen LogP contribution in [-0.4, -0.2) is 56.2 Å². The quantitative estimate of drug-likeness (QED) is 0.477. The summed E-state index contributed by atoms with van der Waals surface area (Å²) < 4.78 is 15.8. The predicted molar refractivity (Wildman–Crippen MR) is 122 cm³/mol. The molecule has 2 saturated heterocycles. The van der Waals surface area contributed by atoms with Crippen LogP contribution in [-0.2, 0) is 0 Å². The number of carbonyl (C=O) groups is 1. The average molecular weight is 439 g/mol. The van der Waals surface area contributed by atoms with Gasteiger partial charge in [-0.05, 0) is 17.9 Å². The van der Waals surface area contributed by atoms with Gasteiger partial charge in [-0.25, -0.2) is 19.2 Å². The number of halogens is 1. The van der Waals surface area contributed by atoms with Crippen LogP contribution in [0.15, 0.2) is 48.9 Å². The molecule has 2 aliphatic rings. The van der Waals surface area contributed by atoms with E-state index < -0.39 is 11.9 Å². The summed E-state index contributed by atoms with van der Waals surface area (Å²) in [5.74, 6) is 2.72. The van der Waals surface area contributed by atoms with Crippen molar-refractivity contribution in [3.05, 3.63) is 60.3 Å². The maximum Gasteiger partial charge on any atom is 0.407 e. The lowest BCUT2D eigenvalue weighted by Crippen LogP contribution is -2.63. The Morgan fingerprint density at radius 1 is 1.15 bits per heavy atom. The second kappa shape index (κ2) is 7.14. The van der Waals surface area contributed by atoms with E-state index in [2.05, 4.69) is 20.9 Å². The number of nitrogens with zero attached hydrogens (tertiary/aromatic N) is 5. The van der Waals surface area contributed by atoms with E-state index in [1.165, 1.54) is 11.2 Å². The molecule has 2 fully saturated rings. The first kappa shape index (κ1) is 19.4. The van der Waals surface area contributed by atoms with Crippen LogP contribution >= 0.6 is 0 Å². The number of hydrogen-bond acceptors (Lipinski definition) is 5. The molecule has 0 saturated carbocycles. The summed E-state index contributed by atoms with van der Waals surface area (Å²) in [6.45, 7) is 1.00. The first-order valence-corrected chi connectivity index (χ1v) is 10.6. The van der Waals surface area contributed by atoms with Crippen molar-refractivity contribution < 1.29 is 14.3 Å². The molecular formula is C25H18FN5O2. The number of likely N-dealkylation sites (tertiary alicyclic amines) is 1. The zero-order valence-corrected chi connectivity index (χ0v) is 17.4. The van der Waals surface area contributed by atoms with E-state index in [-0.39, 0.29) is 23.3 Å². The Morgan fingerprint density at radius 3 is 2.76 bits per heavy atom. The number of carboxylic acid groups (broad SMARTS) is 1. The molecule has 4 heterocycles. The third-order valence-corrected chi connectivity index (χ3v) is 6.73. The van der Waals surface area contributed by atoms with Crippen molar-refractivity contribution in [1.82, 2.24) is 19.9 Å². The molecule has 6 rings (SSSR count). The zero-order chi connectivity index (χ0) is 22.7. The molecule has 4 aromatic rings. The van der Waals surface area contributed by atoms with Crippen molar-refractivity contribution >= 4 is 33.6 Å². The Kier molecular flexibility index (Phi) is 4.20. The van der Waals surface area contributed by atoms with Crippen molar-refractivity contribution in [1.29, 1.82) is 0 Å². The lowest BCUT2D eigenvalue weighted by molar-refractivity contribution is 0.129. The fraction of sp³-hybridized carbons (Fsp3) is 0.200. The van der Waals surface area contributed by atoms with Crippen LogP contribution < -0.4 is 4.90 Å². The van der Waals surface area contributed by atoms with Gasteiger partial charge in [0.05, 0.1) is 17.5 Å². The molecule has 2 aromatic heterocycles. The van der Waals surface area contributed by atoms with Crippen LogP contribution in [0.5, 0.6) is 0 Å². The minimum absolute atomic E-state index is 0.0261. The molecule has 2 aliphatic heterocycles. The third-order valence-electron chi connectivity index (χ3n) is 6.73. The number of hydrogen-bond donors (Lipinski definition) is 1. The molecule has 0 spiro atoms. The van der Waals surface area contributed by atoms with E-state index in [1.807, 2.05) is 41.3 Å². The minimum atomic E-state index is -0.909. The van der Waals surface area contributed by atoms with E-state index >= 15 is 4.39 Å². The van der Waals surface area contributed by atoms with E-state index in [1.54, 1.807) is 6.20 Å². The Hall–Kier alpha value is -4.25. The average Bonchev–Trinajstić information content (AvgIpc) is 3.15. The summed E-state index contributed by atoms with van der Waals surface area (Å²) in [6.07, 6.45) is 8.45. The molecule has 2 atom stereocenters. The number of pyridine rings is 1. The second-order valence-electron chi connectivity index (χ2n) is 8.29. The molecule has 1 amide bonds. The van der Waals surface area contributed by atoms with E-state index in [0.717, 1.165) is 10.8 Å². The molecule has 0 unspecified atom stereocenters. The zero-order valence-electron chi connectivity index (χ0n) is 17.4. The van der Waals surface area contributed by atoms with Gasteiger partial charge in [-0.3, -0.25) is 4.98 Å². The summed E-state index contributed by atoms with van der Waals surface area (Å²) in [7, 11) is 0. The highest BCUT2D eigenvalue weighted by Gasteiger charge is 2.49. The van der Waals surface area contributed by atoms with Crippen molar-refractivity contribution in [3.63, 3.8) is 0 Å². The van der Waals surface area contributed by atoms with Gasteiger partial charge < -0.3 is 14.9 Å². The van der Waals surface area contributed by atoms with Gasteiger partial charge in [0, 0.05) is 35.8 Å². The summed E-state index contributed by atoms with van der Waals surface area (Å²) in [4.78, 5) is 28.0. The topological polar surface area (TPSA) is 82.5 Å². The Balaban J connectivity index is 1.47. The molecule has 0 radical (unpaired) electrons. The number of fused-ring (bicyclic) bond motifs is 3. The first-order valence-electron chi connectivity index (χ1n) is 10.6. The monoisotopic (exact) mass is 439 g/mol. The summed E-state index contributed by atoms with van der Waals surface area (Å²) in [5.41, 5.74) is 1.64. The van der Waals surface area contributed by atoms with Crippen LogP contribution in [0, 0.1) is 18.2 Å². The van der Waals surface area contributed by atoms with Gasteiger partial charge >= 0.3 is 6.09 Å². The molecule has 2 aromatic carbocycles. The van der Waals surface area contributed by atoms with Gasteiger partial charge in [0.15, 0.2) is 5.82 Å². The highest BCUT2D eigenvalue weighted by Crippen LogP contribution is 2.40. The molecule has 33 heavy (non-hydrogen) atoms. The van der Waals surface area contributed by atoms with Crippen molar-refractivity contribution in [2.75, 3.05) is 18.0 Å². The van der Waals surface area contributed by atoms with Crippen LogP contribution in [0.1, 0.15) is 12.0 Å². The summed E-state index contributed by atoms with van der Waals surface area (Å²) in [6, 6.07) is 11.2. The molecule has 8 heteroatoms. The van der Waals surface area contributed by atoms with Gasteiger partial charge in [0.1, 0.15) is 23.4 Å².